The maximum absolute atomic E-state index is 14.1. The fourth-order valence-electron chi connectivity index (χ4n) is 3.92. The first-order valence-electron chi connectivity index (χ1n) is 10.2. The molecule has 31 heavy (non-hydrogen) atoms. The van der Waals surface area contributed by atoms with Gasteiger partial charge in [0.1, 0.15) is 0 Å². The van der Waals surface area contributed by atoms with Crippen LogP contribution < -0.4 is 10.2 Å². The molecule has 0 fully saturated rings. The van der Waals surface area contributed by atoms with E-state index in [1.165, 1.54) is 17.0 Å². The molecule has 4 nitrogen and oxygen atoms in total. The fraction of sp³-hybridized carbons (Fsp3) is 0.200. The molecule has 0 spiro atoms. The van der Waals surface area contributed by atoms with E-state index in [9.17, 15) is 18.4 Å². The molecule has 0 saturated carbocycles. The van der Waals surface area contributed by atoms with Crippen LogP contribution in [0.25, 0.3) is 0 Å². The van der Waals surface area contributed by atoms with Crippen LogP contribution in [0.3, 0.4) is 0 Å². The Morgan fingerprint density at radius 3 is 2.55 bits per heavy atom. The highest BCUT2D eigenvalue weighted by molar-refractivity contribution is 6.08. The molecule has 2 amide bonds. The average molecular weight is 420 g/mol. The van der Waals surface area contributed by atoms with Gasteiger partial charge in [0.05, 0.1) is 11.6 Å². The summed E-state index contributed by atoms with van der Waals surface area (Å²) in [5.74, 6) is -2.99. The summed E-state index contributed by atoms with van der Waals surface area (Å²) < 4.78 is 27.6. The lowest BCUT2D eigenvalue weighted by molar-refractivity contribution is 0.0934. The van der Waals surface area contributed by atoms with Crippen molar-refractivity contribution < 1.29 is 18.4 Å². The summed E-state index contributed by atoms with van der Waals surface area (Å²) in [7, 11) is 0. The summed E-state index contributed by atoms with van der Waals surface area (Å²) in [6.45, 7) is 2.35. The minimum atomic E-state index is -1.15. The molecule has 1 heterocycles. The summed E-state index contributed by atoms with van der Waals surface area (Å²) >= 11 is 0. The zero-order chi connectivity index (χ0) is 22.0. The molecule has 1 aliphatic heterocycles. The van der Waals surface area contributed by atoms with E-state index in [-0.39, 0.29) is 17.5 Å². The molecule has 0 aliphatic carbocycles. The van der Waals surface area contributed by atoms with Crippen molar-refractivity contribution in [1.29, 1.82) is 0 Å². The van der Waals surface area contributed by atoms with Crippen LogP contribution in [-0.4, -0.2) is 18.4 Å². The topological polar surface area (TPSA) is 49.4 Å². The van der Waals surface area contributed by atoms with E-state index >= 15 is 0 Å². The maximum atomic E-state index is 14.1. The highest BCUT2D eigenvalue weighted by Gasteiger charge is 2.29. The average Bonchev–Trinajstić information content (AvgIpc) is 3.22. The van der Waals surface area contributed by atoms with Crippen molar-refractivity contribution in [3.63, 3.8) is 0 Å². The van der Waals surface area contributed by atoms with Gasteiger partial charge in [0.25, 0.3) is 11.8 Å². The minimum Gasteiger partial charge on any atom is -0.345 e. The number of halogens is 2. The first-order chi connectivity index (χ1) is 15.0. The van der Waals surface area contributed by atoms with Crippen LogP contribution in [0.1, 0.15) is 51.2 Å². The summed E-state index contributed by atoms with van der Waals surface area (Å²) in [6, 6.07) is 18.3. The third-order valence-electron chi connectivity index (χ3n) is 5.58. The molecular weight excluding hydrogens is 398 g/mol. The van der Waals surface area contributed by atoms with E-state index in [1.807, 2.05) is 37.3 Å². The highest BCUT2D eigenvalue weighted by atomic mass is 19.2. The summed E-state index contributed by atoms with van der Waals surface area (Å²) in [5, 5.41) is 3.05. The van der Waals surface area contributed by atoms with Crippen LogP contribution >= 0.6 is 0 Å². The van der Waals surface area contributed by atoms with Crippen molar-refractivity contribution >= 4 is 17.5 Å². The van der Waals surface area contributed by atoms with Crippen molar-refractivity contribution in [3.8, 4) is 0 Å². The number of nitrogens with zero attached hydrogens (tertiary/aromatic N) is 1. The smallest absolute Gasteiger partial charge is 0.261 e. The van der Waals surface area contributed by atoms with Gasteiger partial charge in [-0.15, -0.1) is 0 Å². The maximum Gasteiger partial charge on any atom is 0.261 e. The SMILES string of the molecule is CCC(NC(=O)c1ccc2c(c1)CCN2C(=O)c1cccc(F)c1F)c1ccccc1. The first-order valence-corrected chi connectivity index (χ1v) is 10.2. The molecule has 1 unspecified atom stereocenters. The van der Waals surface area contributed by atoms with Gasteiger partial charge in [-0.1, -0.05) is 43.3 Å². The number of benzene rings is 3. The van der Waals surface area contributed by atoms with Gasteiger partial charge in [-0.2, -0.15) is 0 Å². The number of hydrogen-bond acceptors (Lipinski definition) is 2. The number of rotatable bonds is 5. The second-order valence-corrected chi connectivity index (χ2v) is 7.50. The lowest BCUT2D eigenvalue weighted by Gasteiger charge is -2.19. The Morgan fingerprint density at radius 2 is 1.81 bits per heavy atom. The van der Waals surface area contributed by atoms with E-state index in [0.29, 0.717) is 24.2 Å². The Kier molecular flexibility index (Phi) is 5.80. The summed E-state index contributed by atoms with van der Waals surface area (Å²) in [6.07, 6.45) is 1.29. The van der Waals surface area contributed by atoms with E-state index < -0.39 is 17.5 Å². The van der Waals surface area contributed by atoms with Crippen LogP contribution in [0.2, 0.25) is 0 Å². The van der Waals surface area contributed by atoms with Crippen molar-refractivity contribution in [2.45, 2.75) is 25.8 Å². The number of amides is 2. The van der Waals surface area contributed by atoms with Crippen LogP contribution in [0.4, 0.5) is 14.5 Å². The number of fused-ring (bicyclic) bond motifs is 1. The Hall–Kier alpha value is -3.54. The van der Waals surface area contributed by atoms with Gasteiger partial charge in [0.15, 0.2) is 11.6 Å². The number of carbonyl (C=O) groups excluding carboxylic acids is 2. The third kappa shape index (κ3) is 4.06. The van der Waals surface area contributed by atoms with E-state index in [1.54, 1.807) is 18.2 Å². The summed E-state index contributed by atoms with van der Waals surface area (Å²) in [5.41, 5.74) is 2.67. The molecule has 3 aromatic rings. The predicted octanol–water partition coefficient (Wildman–Crippen LogP) is 5.05. The van der Waals surface area contributed by atoms with Crippen molar-refractivity contribution in [2.24, 2.45) is 0 Å². The van der Waals surface area contributed by atoms with Gasteiger partial charge < -0.3 is 10.2 Å². The quantitative estimate of drug-likeness (QED) is 0.628. The van der Waals surface area contributed by atoms with Crippen LogP contribution in [0.5, 0.6) is 0 Å². The molecule has 1 N–H and O–H groups in total. The van der Waals surface area contributed by atoms with Gasteiger partial charge in [-0.25, -0.2) is 8.78 Å². The molecule has 0 aromatic heterocycles. The van der Waals surface area contributed by atoms with Gasteiger partial charge in [-0.3, -0.25) is 9.59 Å². The standard InChI is InChI=1S/C25H22F2N2O2/c1-2-21(16-7-4-3-5-8-16)28-24(30)18-11-12-22-17(15-18)13-14-29(22)25(31)19-9-6-10-20(26)23(19)27/h3-12,15,21H,2,13-14H2,1H3,(H,28,30). The van der Waals surface area contributed by atoms with E-state index in [4.69, 9.17) is 0 Å². The molecule has 6 heteroatoms. The van der Waals surface area contributed by atoms with Crippen molar-refractivity contribution in [3.05, 3.63) is 101 Å². The molecule has 0 bridgehead atoms. The second kappa shape index (κ2) is 8.68. The van der Waals surface area contributed by atoms with Gasteiger partial charge in [-0.05, 0) is 54.3 Å². The number of hydrogen-bond donors (Lipinski definition) is 1. The molecule has 1 aliphatic rings. The Morgan fingerprint density at radius 1 is 1.03 bits per heavy atom. The van der Waals surface area contributed by atoms with Crippen molar-refractivity contribution in [2.75, 3.05) is 11.4 Å². The monoisotopic (exact) mass is 420 g/mol. The van der Waals surface area contributed by atoms with Crippen LogP contribution in [0, 0.1) is 11.6 Å². The molecule has 0 saturated heterocycles. The van der Waals surface area contributed by atoms with Crippen LogP contribution in [-0.2, 0) is 6.42 Å². The molecule has 1 atom stereocenters. The molecule has 158 valence electrons. The van der Waals surface area contributed by atoms with Crippen LogP contribution in [0.15, 0.2) is 66.7 Å². The largest absolute Gasteiger partial charge is 0.345 e. The van der Waals surface area contributed by atoms with Crippen molar-refractivity contribution in [1.82, 2.24) is 5.32 Å². The van der Waals surface area contributed by atoms with Gasteiger partial charge in [0.2, 0.25) is 0 Å². The summed E-state index contributed by atoms with van der Waals surface area (Å²) in [4.78, 5) is 27.0. The molecule has 4 rings (SSSR count). The predicted molar refractivity (Wildman–Crippen MR) is 115 cm³/mol. The van der Waals surface area contributed by atoms with E-state index in [2.05, 4.69) is 5.32 Å². The first kappa shape index (κ1) is 20.7. The number of nitrogens with one attached hydrogen (secondary N) is 1. The Balaban J connectivity index is 1.54. The Bertz CT molecular complexity index is 1130. The molecular formula is C25H22F2N2O2. The van der Waals surface area contributed by atoms with Gasteiger partial charge >= 0.3 is 0 Å². The normalized spacial score (nSPS) is 13.6. The number of anilines is 1. The zero-order valence-electron chi connectivity index (χ0n) is 17.1. The molecule has 0 radical (unpaired) electrons. The highest BCUT2D eigenvalue weighted by Crippen LogP contribution is 2.31. The zero-order valence-corrected chi connectivity index (χ0v) is 17.1. The Labute approximate surface area is 179 Å². The number of carbonyl (C=O) groups is 2. The third-order valence-corrected chi connectivity index (χ3v) is 5.58. The molecule has 3 aromatic carbocycles. The van der Waals surface area contributed by atoms with Gasteiger partial charge in [0, 0.05) is 17.8 Å². The fourth-order valence-corrected chi connectivity index (χ4v) is 3.92. The lowest BCUT2D eigenvalue weighted by Crippen LogP contribution is -2.30. The minimum absolute atomic E-state index is 0.101. The second-order valence-electron chi connectivity index (χ2n) is 7.50. The van der Waals surface area contributed by atoms with E-state index in [0.717, 1.165) is 23.6 Å². The lowest BCUT2D eigenvalue weighted by atomic mass is 10.0.